The van der Waals surface area contributed by atoms with Crippen molar-refractivity contribution in [2.24, 2.45) is 0 Å². The first kappa shape index (κ1) is 24.1. The molecule has 0 atom stereocenters. The maximum absolute atomic E-state index is 13.3. The van der Waals surface area contributed by atoms with Gasteiger partial charge in [0.25, 0.3) is 5.91 Å². The number of nitrogens with zero attached hydrogens (tertiary/aromatic N) is 2. The Morgan fingerprint density at radius 1 is 1.03 bits per heavy atom. The average molecular weight is 584 g/mol. The Labute approximate surface area is 226 Å². The van der Waals surface area contributed by atoms with Crippen molar-refractivity contribution in [3.8, 4) is 5.75 Å². The summed E-state index contributed by atoms with van der Waals surface area (Å²) in [7, 11) is 1.63. The fourth-order valence-electron chi connectivity index (χ4n) is 4.02. The quantitative estimate of drug-likeness (QED) is 0.174. The number of ether oxygens (including phenoxy) is 1. The molecule has 0 saturated carbocycles. The summed E-state index contributed by atoms with van der Waals surface area (Å²) in [5.74, 6) is 0.699. The van der Waals surface area contributed by atoms with Crippen molar-refractivity contribution in [3.05, 3.63) is 104 Å². The lowest BCUT2D eigenvalue weighted by Crippen LogP contribution is -2.27. The lowest BCUT2D eigenvalue weighted by atomic mass is 10.1. The SMILES string of the molecule is COc1ccc(CN2C(=O)/C(=C/c3cn(Cc4ccc(Cl)cc4)c4ccc(Br)cc34)SC2=S)cc1. The molecule has 5 rings (SSSR count). The summed E-state index contributed by atoms with van der Waals surface area (Å²) in [6.45, 7) is 1.12. The van der Waals surface area contributed by atoms with Gasteiger partial charge in [0.05, 0.1) is 18.6 Å². The molecule has 1 aliphatic rings. The number of carbonyl (C=O) groups is 1. The van der Waals surface area contributed by atoms with Crippen LogP contribution in [0.4, 0.5) is 0 Å². The van der Waals surface area contributed by atoms with Crippen molar-refractivity contribution in [2.45, 2.75) is 13.1 Å². The van der Waals surface area contributed by atoms with Crippen molar-refractivity contribution in [3.63, 3.8) is 0 Å². The fraction of sp³-hybridized carbons (Fsp3) is 0.111. The largest absolute Gasteiger partial charge is 0.497 e. The third-order valence-electron chi connectivity index (χ3n) is 5.80. The van der Waals surface area contributed by atoms with Gasteiger partial charge in [-0.05, 0) is 59.7 Å². The van der Waals surface area contributed by atoms with E-state index < -0.39 is 0 Å². The zero-order valence-electron chi connectivity index (χ0n) is 18.7. The molecule has 1 aromatic heterocycles. The third-order valence-corrected chi connectivity index (χ3v) is 7.92. The number of halogens is 2. The van der Waals surface area contributed by atoms with Crippen LogP contribution >= 0.6 is 51.5 Å². The van der Waals surface area contributed by atoms with Crippen LogP contribution in [0.3, 0.4) is 0 Å². The van der Waals surface area contributed by atoms with Crippen molar-refractivity contribution in [1.29, 1.82) is 0 Å². The van der Waals surface area contributed by atoms with Crippen LogP contribution in [0.1, 0.15) is 16.7 Å². The zero-order chi connectivity index (χ0) is 24.5. The maximum atomic E-state index is 13.3. The van der Waals surface area contributed by atoms with Crippen LogP contribution in [0.25, 0.3) is 17.0 Å². The predicted molar refractivity (Wildman–Crippen MR) is 152 cm³/mol. The minimum atomic E-state index is -0.0792. The second kappa shape index (κ2) is 10.2. The van der Waals surface area contributed by atoms with E-state index in [0.717, 1.165) is 37.8 Å². The smallest absolute Gasteiger partial charge is 0.266 e. The molecular formula is C27H20BrClN2O2S2. The summed E-state index contributed by atoms with van der Waals surface area (Å²) in [6.07, 6.45) is 4.03. The molecule has 176 valence electrons. The number of thioether (sulfide) groups is 1. The molecule has 0 bridgehead atoms. The molecule has 0 unspecified atom stereocenters. The molecule has 2 heterocycles. The Kier molecular flexibility index (Phi) is 7.02. The summed E-state index contributed by atoms with van der Waals surface area (Å²) in [4.78, 5) is 15.5. The Morgan fingerprint density at radius 3 is 2.43 bits per heavy atom. The Balaban J connectivity index is 1.45. The number of methoxy groups -OCH3 is 1. The summed E-state index contributed by atoms with van der Waals surface area (Å²) in [5.41, 5.74) is 4.20. The van der Waals surface area contributed by atoms with Crippen LogP contribution in [0, 0.1) is 0 Å². The average Bonchev–Trinajstić information content (AvgIpc) is 3.32. The summed E-state index contributed by atoms with van der Waals surface area (Å²) < 4.78 is 8.95. The standard InChI is InChI=1S/C27H20BrClN2O2S2/c1-33-22-9-4-18(5-10-22)15-31-26(32)25(35-27(31)34)12-19-16-30(14-17-2-7-21(29)8-3-17)24-11-6-20(28)13-23(19)24/h2-13,16H,14-15H2,1H3/b25-12-. The summed E-state index contributed by atoms with van der Waals surface area (Å²) >= 11 is 16.5. The van der Waals surface area contributed by atoms with Gasteiger partial charge in [0, 0.05) is 38.7 Å². The molecule has 1 aliphatic heterocycles. The normalized spacial score (nSPS) is 14.9. The molecule has 0 N–H and O–H groups in total. The van der Waals surface area contributed by atoms with Gasteiger partial charge in [-0.3, -0.25) is 9.69 Å². The zero-order valence-corrected chi connectivity index (χ0v) is 22.7. The first-order chi connectivity index (χ1) is 16.9. The number of amides is 1. The van der Waals surface area contributed by atoms with Gasteiger partial charge in [-0.25, -0.2) is 0 Å². The first-order valence-electron chi connectivity index (χ1n) is 10.8. The van der Waals surface area contributed by atoms with Gasteiger partial charge in [-0.1, -0.05) is 75.8 Å². The van der Waals surface area contributed by atoms with Gasteiger partial charge in [0.1, 0.15) is 10.1 Å². The lowest BCUT2D eigenvalue weighted by molar-refractivity contribution is -0.122. The van der Waals surface area contributed by atoms with Crippen molar-refractivity contribution in [1.82, 2.24) is 9.47 Å². The van der Waals surface area contributed by atoms with Crippen LogP contribution in [0.5, 0.6) is 5.75 Å². The van der Waals surface area contributed by atoms with Gasteiger partial charge >= 0.3 is 0 Å². The lowest BCUT2D eigenvalue weighted by Gasteiger charge is -2.14. The number of hydrogen-bond acceptors (Lipinski definition) is 4. The molecule has 1 saturated heterocycles. The van der Waals surface area contributed by atoms with Crippen molar-refractivity contribution in [2.75, 3.05) is 7.11 Å². The number of aromatic nitrogens is 1. The van der Waals surface area contributed by atoms with E-state index in [2.05, 4.69) is 38.8 Å². The summed E-state index contributed by atoms with van der Waals surface area (Å²) in [6, 6.07) is 21.7. The molecule has 0 radical (unpaired) electrons. The van der Waals surface area contributed by atoms with Gasteiger partial charge < -0.3 is 9.30 Å². The third kappa shape index (κ3) is 5.19. The number of thiocarbonyl (C=S) groups is 1. The molecule has 4 nitrogen and oxygen atoms in total. The Bertz CT molecular complexity index is 1460. The molecule has 1 fully saturated rings. The van der Waals surface area contributed by atoms with Crippen molar-refractivity contribution >= 4 is 78.7 Å². The monoisotopic (exact) mass is 582 g/mol. The van der Waals surface area contributed by atoms with E-state index in [-0.39, 0.29) is 5.91 Å². The minimum absolute atomic E-state index is 0.0792. The molecule has 1 amide bonds. The highest BCUT2D eigenvalue weighted by molar-refractivity contribution is 9.10. The van der Waals surface area contributed by atoms with Crippen LogP contribution in [0.15, 0.2) is 82.3 Å². The maximum Gasteiger partial charge on any atom is 0.266 e. The van der Waals surface area contributed by atoms with E-state index >= 15 is 0 Å². The molecular weight excluding hydrogens is 564 g/mol. The van der Waals surface area contributed by atoms with Crippen LogP contribution in [-0.4, -0.2) is 26.8 Å². The topological polar surface area (TPSA) is 34.5 Å². The molecule has 0 spiro atoms. The van der Waals surface area contributed by atoms with E-state index in [1.54, 1.807) is 12.0 Å². The number of rotatable bonds is 6. The molecule has 3 aromatic carbocycles. The minimum Gasteiger partial charge on any atom is -0.497 e. The Morgan fingerprint density at radius 2 is 1.71 bits per heavy atom. The van der Waals surface area contributed by atoms with E-state index in [1.807, 2.05) is 60.7 Å². The van der Waals surface area contributed by atoms with E-state index in [1.165, 1.54) is 11.8 Å². The fourth-order valence-corrected chi connectivity index (χ4v) is 5.75. The van der Waals surface area contributed by atoms with Crippen LogP contribution in [0.2, 0.25) is 5.02 Å². The highest BCUT2D eigenvalue weighted by atomic mass is 79.9. The van der Waals surface area contributed by atoms with Crippen LogP contribution < -0.4 is 4.74 Å². The number of benzene rings is 3. The highest BCUT2D eigenvalue weighted by Crippen LogP contribution is 2.36. The molecule has 8 heteroatoms. The van der Waals surface area contributed by atoms with E-state index in [0.29, 0.717) is 27.3 Å². The van der Waals surface area contributed by atoms with Crippen LogP contribution in [-0.2, 0) is 17.9 Å². The highest BCUT2D eigenvalue weighted by Gasteiger charge is 2.32. The van der Waals surface area contributed by atoms with E-state index in [4.69, 9.17) is 28.6 Å². The molecule has 0 aliphatic carbocycles. The number of carbonyl (C=O) groups excluding carboxylic acids is 1. The number of fused-ring (bicyclic) bond motifs is 1. The van der Waals surface area contributed by atoms with E-state index in [9.17, 15) is 4.79 Å². The van der Waals surface area contributed by atoms with Gasteiger partial charge in [-0.2, -0.15) is 0 Å². The van der Waals surface area contributed by atoms with Gasteiger partial charge in [0.2, 0.25) is 0 Å². The summed E-state index contributed by atoms with van der Waals surface area (Å²) in [5, 5.41) is 1.78. The Hall–Kier alpha value is -2.58. The van der Waals surface area contributed by atoms with Gasteiger partial charge in [0.15, 0.2) is 0 Å². The second-order valence-corrected chi connectivity index (χ2v) is 11.1. The molecule has 35 heavy (non-hydrogen) atoms. The number of hydrogen-bond donors (Lipinski definition) is 0. The second-order valence-electron chi connectivity index (χ2n) is 8.12. The molecule has 4 aromatic rings. The van der Waals surface area contributed by atoms with Gasteiger partial charge in [-0.15, -0.1) is 0 Å². The first-order valence-corrected chi connectivity index (χ1v) is 13.2. The van der Waals surface area contributed by atoms with Crippen molar-refractivity contribution < 1.29 is 9.53 Å². The predicted octanol–water partition coefficient (Wildman–Crippen LogP) is 7.52.